The van der Waals surface area contributed by atoms with Crippen molar-refractivity contribution in [1.29, 1.82) is 0 Å². The zero-order valence-corrected chi connectivity index (χ0v) is 14.6. The van der Waals surface area contributed by atoms with Gasteiger partial charge < -0.3 is 4.74 Å². The van der Waals surface area contributed by atoms with Gasteiger partial charge in [0.05, 0.1) is 11.6 Å². The smallest absolute Gasteiger partial charge is 0.291 e. The minimum Gasteiger partial charge on any atom is -0.497 e. The third-order valence-corrected chi connectivity index (χ3v) is 4.94. The van der Waals surface area contributed by atoms with Gasteiger partial charge in [0, 0.05) is 5.56 Å². The molecule has 2 heterocycles. The van der Waals surface area contributed by atoms with Crippen molar-refractivity contribution < 1.29 is 4.74 Å². The van der Waals surface area contributed by atoms with Crippen LogP contribution >= 0.6 is 11.3 Å². The molecule has 0 saturated heterocycles. The van der Waals surface area contributed by atoms with E-state index in [9.17, 15) is 4.79 Å². The van der Waals surface area contributed by atoms with Crippen LogP contribution in [-0.2, 0) is 0 Å². The summed E-state index contributed by atoms with van der Waals surface area (Å²) < 4.78 is 7.13. The van der Waals surface area contributed by atoms with Crippen molar-refractivity contribution in [2.75, 3.05) is 7.11 Å². The fourth-order valence-corrected chi connectivity index (χ4v) is 3.53. The summed E-state index contributed by atoms with van der Waals surface area (Å²) in [6.07, 6.45) is 1.84. The molecule has 0 saturated carbocycles. The van der Waals surface area contributed by atoms with Crippen molar-refractivity contribution in [3.05, 3.63) is 74.5 Å². The second-order valence-electron chi connectivity index (χ2n) is 5.63. The van der Waals surface area contributed by atoms with Crippen LogP contribution in [0.25, 0.3) is 22.4 Å². The highest BCUT2D eigenvalue weighted by molar-refractivity contribution is 7.15. The SMILES string of the molecule is COc1ccc(/C=c2/sc3nc(-c4ccccc4C)nn3c2=O)cc1. The summed E-state index contributed by atoms with van der Waals surface area (Å²) in [5.74, 6) is 1.36. The first-order valence-corrected chi connectivity index (χ1v) is 8.59. The van der Waals surface area contributed by atoms with Crippen LogP contribution in [0.15, 0.2) is 53.3 Å². The minimum atomic E-state index is -0.150. The standard InChI is InChI=1S/C19H15N3O2S/c1-12-5-3-4-6-15(12)17-20-19-22(21-17)18(23)16(25-19)11-13-7-9-14(24-2)10-8-13/h3-11H,1-2H3/b16-11+. The molecule has 0 aliphatic rings. The third-order valence-electron chi connectivity index (χ3n) is 3.98. The lowest BCUT2D eigenvalue weighted by molar-refractivity contribution is 0.415. The molecule has 0 spiro atoms. The maximum Gasteiger partial charge on any atom is 0.291 e. The van der Waals surface area contributed by atoms with Gasteiger partial charge >= 0.3 is 0 Å². The van der Waals surface area contributed by atoms with Crippen LogP contribution in [0.2, 0.25) is 0 Å². The molecule has 0 amide bonds. The Balaban J connectivity index is 1.79. The molecule has 25 heavy (non-hydrogen) atoms. The first-order chi connectivity index (χ1) is 12.2. The third kappa shape index (κ3) is 2.81. The molecular weight excluding hydrogens is 334 g/mol. The predicted octanol–water partition coefficient (Wildman–Crippen LogP) is 2.68. The molecule has 0 unspecified atom stereocenters. The van der Waals surface area contributed by atoms with E-state index in [1.54, 1.807) is 7.11 Å². The molecule has 0 aliphatic heterocycles. The van der Waals surface area contributed by atoms with Crippen molar-refractivity contribution in [2.45, 2.75) is 6.92 Å². The number of nitrogens with zero attached hydrogens (tertiary/aromatic N) is 3. The lowest BCUT2D eigenvalue weighted by atomic mass is 10.1. The van der Waals surface area contributed by atoms with Crippen LogP contribution < -0.4 is 14.8 Å². The second-order valence-corrected chi connectivity index (χ2v) is 6.64. The van der Waals surface area contributed by atoms with Crippen LogP contribution in [0.5, 0.6) is 5.75 Å². The molecular formula is C19H15N3O2S. The molecule has 6 heteroatoms. The Morgan fingerprint density at radius 1 is 1.12 bits per heavy atom. The lowest BCUT2D eigenvalue weighted by Gasteiger charge is -1.98. The Kier molecular flexibility index (Phi) is 3.82. The summed E-state index contributed by atoms with van der Waals surface area (Å²) in [6.45, 7) is 2.01. The van der Waals surface area contributed by atoms with Gasteiger partial charge in [-0.1, -0.05) is 47.7 Å². The topological polar surface area (TPSA) is 56.5 Å². The molecule has 0 bridgehead atoms. The van der Waals surface area contributed by atoms with Gasteiger partial charge in [-0.25, -0.2) is 0 Å². The van der Waals surface area contributed by atoms with Gasteiger partial charge in [-0.05, 0) is 36.3 Å². The number of ether oxygens (including phenoxy) is 1. The van der Waals surface area contributed by atoms with E-state index in [4.69, 9.17) is 4.74 Å². The molecule has 0 aliphatic carbocycles. The van der Waals surface area contributed by atoms with Crippen LogP contribution in [0, 0.1) is 6.92 Å². The van der Waals surface area contributed by atoms with E-state index < -0.39 is 0 Å². The van der Waals surface area contributed by atoms with Crippen molar-refractivity contribution in [3.8, 4) is 17.1 Å². The Labute approximate surface area is 147 Å². The molecule has 124 valence electrons. The van der Waals surface area contributed by atoms with Crippen molar-refractivity contribution in [2.24, 2.45) is 0 Å². The Morgan fingerprint density at radius 3 is 2.56 bits per heavy atom. The lowest BCUT2D eigenvalue weighted by Crippen LogP contribution is -2.23. The number of benzene rings is 2. The van der Waals surface area contributed by atoms with E-state index >= 15 is 0 Å². The predicted molar refractivity (Wildman–Crippen MR) is 99.1 cm³/mol. The number of thiazole rings is 1. The second kappa shape index (κ2) is 6.14. The molecule has 0 atom stereocenters. The molecule has 2 aromatic carbocycles. The van der Waals surface area contributed by atoms with E-state index in [1.165, 1.54) is 15.9 Å². The maximum atomic E-state index is 12.6. The average Bonchev–Trinajstić information content (AvgIpc) is 3.16. The van der Waals surface area contributed by atoms with Gasteiger partial charge in [0.2, 0.25) is 4.96 Å². The molecule has 0 radical (unpaired) electrons. The summed E-state index contributed by atoms with van der Waals surface area (Å²) in [5.41, 5.74) is 2.81. The van der Waals surface area contributed by atoms with Crippen molar-refractivity contribution in [1.82, 2.24) is 14.6 Å². The van der Waals surface area contributed by atoms with E-state index in [1.807, 2.05) is 61.5 Å². The Hall–Kier alpha value is -2.99. The van der Waals surface area contributed by atoms with Gasteiger partial charge in [-0.3, -0.25) is 4.79 Å². The summed E-state index contributed by atoms with van der Waals surface area (Å²) in [7, 11) is 1.63. The fourth-order valence-electron chi connectivity index (χ4n) is 2.62. The average molecular weight is 349 g/mol. The first kappa shape index (κ1) is 15.5. The quantitative estimate of drug-likeness (QED) is 0.571. The van der Waals surface area contributed by atoms with Gasteiger partial charge in [0.1, 0.15) is 5.75 Å². The van der Waals surface area contributed by atoms with E-state index in [-0.39, 0.29) is 5.56 Å². The number of aryl methyl sites for hydroxylation is 1. The number of hydrogen-bond acceptors (Lipinski definition) is 5. The monoisotopic (exact) mass is 349 g/mol. The molecule has 0 fully saturated rings. The molecule has 2 aromatic heterocycles. The van der Waals surface area contributed by atoms with Gasteiger partial charge in [-0.15, -0.1) is 5.10 Å². The van der Waals surface area contributed by atoms with Gasteiger partial charge in [-0.2, -0.15) is 9.50 Å². The van der Waals surface area contributed by atoms with Crippen molar-refractivity contribution in [3.63, 3.8) is 0 Å². The number of fused-ring (bicyclic) bond motifs is 1. The summed E-state index contributed by atoms with van der Waals surface area (Å²) in [4.78, 5) is 17.7. The first-order valence-electron chi connectivity index (χ1n) is 7.77. The summed E-state index contributed by atoms with van der Waals surface area (Å²) >= 11 is 1.34. The summed E-state index contributed by atoms with van der Waals surface area (Å²) in [6, 6.07) is 15.4. The number of aromatic nitrogens is 3. The highest BCUT2D eigenvalue weighted by Gasteiger charge is 2.13. The Bertz CT molecular complexity index is 1160. The Morgan fingerprint density at radius 2 is 1.88 bits per heavy atom. The molecule has 4 rings (SSSR count). The highest BCUT2D eigenvalue weighted by Crippen LogP contribution is 2.20. The van der Waals surface area contributed by atoms with Crippen molar-refractivity contribution >= 4 is 22.4 Å². The normalized spacial score (nSPS) is 12.0. The molecule has 0 N–H and O–H groups in total. The zero-order chi connectivity index (χ0) is 17.4. The number of rotatable bonds is 3. The van der Waals surface area contributed by atoms with Gasteiger partial charge in [0.15, 0.2) is 5.82 Å². The zero-order valence-electron chi connectivity index (χ0n) is 13.8. The van der Waals surface area contributed by atoms with E-state index in [0.29, 0.717) is 15.3 Å². The summed E-state index contributed by atoms with van der Waals surface area (Å²) in [5, 5.41) is 4.40. The highest BCUT2D eigenvalue weighted by atomic mass is 32.1. The van der Waals surface area contributed by atoms with E-state index in [0.717, 1.165) is 22.4 Å². The van der Waals surface area contributed by atoms with Crippen LogP contribution in [0.1, 0.15) is 11.1 Å². The van der Waals surface area contributed by atoms with E-state index in [2.05, 4.69) is 10.1 Å². The number of methoxy groups -OCH3 is 1. The fraction of sp³-hybridized carbons (Fsp3) is 0.105. The van der Waals surface area contributed by atoms with Crippen LogP contribution in [0.3, 0.4) is 0 Å². The number of hydrogen-bond donors (Lipinski definition) is 0. The van der Waals surface area contributed by atoms with Crippen LogP contribution in [0.4, 0.5) is 0 Å². The minimum absolute atomic E-state index is 0.150. The largest absolute Gasteiger partial charge is 0.497 e. The van der Waals surface area contributed by atoms with Crippen LogP contribution in [-0.4, -0.2) is 21.7 Å². The molecule has 4 aromatic rings. The molecule has 5 nitrogen and oxygen atoms in total. The maximum absolute atomic E-state index is 12.6. The van der Waals surface area contributed by atoms with Gasteiger partial charge in [0.25, 0.3) is 5.56 Å².